The molecule has 1 aliphatic rings. The zero-order chi connectivity index (χ0) is 8.27. The molecular weight excluding hydrogens is 221 g/mol. The Balaban J connectivity index is 2.24. The Morgan fingerprint density at radius 3 is 2.73 bits per heavy atom. The summed E-state index contributed by atoms with van der Waals surface area (Å²) >= 11 is 3.74. The predicted molar refractivity (Wildman–Crippen MR) is 56.8 cm³/mol. The molecule has 66 valence electrons. The smallest absolute Gasteiger partial charge is 0.0177 e. The molecule has 1 aliphatic carbocycles. The molecule has 1 nitrogen and oxygen atoms in total. The van der Waals surface area contributed by atoms with E-state index in [0.717, 1.165) is 10.7 Å². The van der Waals surface area contributed by atoms with Gasteiger partial charge in [-0.15, -0.1) is 0 Å². The third-order valence-electron chi connectivity index (χ3n) is 2.46. The molecule has 0 spiro atoms. The van der Waals surface area contributed by atoms with Gasteiger partial charge < -0.3 is 0 Å². The maximum atomic E-state index is 3.74. The van der Waals surface area contributed by atoms with Gasteiger partial charge in [-0.1, -0.05) is 22.4 Å². The molecule has 3 heteroatoms. The van der Waals surface area contributed by atoms with E-state index >= 15 is 0 Å². The first-order valence-corrected chi connectivity index (χ1v) is 7.15. The lowest BCUT2D eigenvalue weighted by Crippen LogP contribution is -2.13. The fourth-order valence-corrected chi connectivity index (χ4v) is 4.03. The van der Waals surface area contributed by atoms with Crippen molar-refractivity contribution in [1.82, 2.24) is 5.09 Å². The fraction of sp³-hybridized carbons (Fsp3) is 1.00. The predicted octanol–water partition coefficient (Wildman–Crippen LogP) is 2.80. The zero-order valence-corrected chi connectivity index (χ0v) is 9.79. The highest BCUT2D eigenvalue weighted by atomic mass is 79.9. The van der Waals surface area contributed by atoms with E-state index in [-0.39, 0.29) is 8.07 Å². The van der Waals surface area contributed by atoms with E-state index in [9.17, 15) is 0 Å². The second-order valence-corrected chi connectivity index (χ2v) is 6.70. The number of alkyl halides is 1. The van der Waals surface area contributed by atoms with E-state index in [1.165, 1.54) is 25.4 Å². The molecule has 3 atom stereocenters. The fourth-order valence-electron chi connectivity index (χ4n) is 1.64. The molecule has 0 saturated heterocycles. The minimum absolute atomic E-state index is 0.104. The standard InChI is InChI=1S/C8H17BrNP/c1-10-11(2)6-7-4-3-5-8(7)9/h7-8,10H,3-6H2,1-2H3/t7-,8?,11?/m0/s1. The monoisotopic (exact) mass is 237 g/mol. The van der Waals surface area contributed by atoms with E-state index in [1.54, 1.807) is 0 Å². The van der Waals surface area contributed by atoms with Gasteiger partial charge in [-0.25, -0.2) is 0 Å². The van der Waals surface area contributed by atoms with Crippen LogP contribution in [0.4, 0.5) is 0 Å². The third-order valence-corrected chi connectivity index (χ3v) is 5.44. The van der Waals surface area contributed by atoms with Crippen LogP contribution in [-0.2, 0) is 0 Å². The molecule has 0 aromatic carbocycles. The largest absolute Gasteiger partial charge is 0.299 e. The van der Waals surface area contributed by atoms with Crippen molar-refractivity contribution < 1.29 is 0 Å². The molecule has 0 radical (unpaired) electrons. The summed E-state index contributed by atoms with van der Waals surface area (Å²) in [4.78, 5) is 0.806. The van der Waals surface area contributed by atoms with Gasteiger partial charge in [0.25, 0.3) is 0 Å². The first kappa shape index (κ1) is 9.95. The molecule has 1 N–H and O–H groups in total. The molecule has 1 rings (SSSR count). The Bertz CT molecular complexity index is 121. The summed E-state index contributed by atoms with van der Waals surface area (Å²) in [6.45, 7) is 2.33. The van der Waals surface area contributed by atoms with Gasteiger partial charge in [0.1, 0.15) is 0 Å². The summed E-state index contributed by atoms with van der Waals surface area (Å²) in [5.74, 6) is 0.943. The van der Waals surface area contributed by atoms with Crippen LogP contribution in [0.2, 0.25) is 0 Å². The van der Waals surface area contributed by atoms with Crippen LogP contribution in [0.15, 0.2) is 0 Å². The molecule has 0 aromatic heterocycles. The minimum atomic E-state index is 0.104. The van der Waals surface area contributed by atoms with E-state index in [4.69, 9.17) is 0 Å². The maximum Gasteiger partial charge on any atom is 0.0177 e. The van der Waals surface area contributed by atoms with Crippen LogP contribution in [0.3, 0.4) is 0 Å². The maximum absolute atomic E-state index is 3.74. The van der Waals surface area contributed by atoms with Crippen molar-refractivity contribution >= 4 is 24.0 Å². The summed E-state index contributed by atoms with van der Waals surface area (Å²) in [5, 5.41) is 3.36. The average molecular weight is 238 g/mol. The van der Waals surface area contributed by atoms with Crippen LogP contribution in [0.1, 0.15) is 19.3 Å². The summed E-state index contributed by atoms with van der Waals surface area (Å²) in [6.07, 6.45) is 5.64. The van der Waals surface area contributed by atoms with Gasteiger partial charge in [-0.2, -0.15) is 0 Å². The van der Waals surface area contributed by atoms with Gasteiger partial charge in [0.2, 0.25) is 0 Å². The quantitative estimate of drug-likeness (QED) is 0.588. The normalized spacial score (nSPS) is 34.1. The van der Waals surface area contributed by atoms with E-state index in [1.807, 2.05) is 0 Å². The van der Waals surface area contributed by atoms with Crippen molar-refractivity contribution in [2.45, 2.75) is 24.1 Å². The molecule has 2 unspecified atom stereocenters. The Morgan fingerprint density at radius 1 is 1.55 bits per heavy atom. The summed E-state index contributed by atoms with van der Waals surface area (Å²) < 4.78 is 0. The van der Waals surface area contributed by atoms with Crippen molar-refractivity contribution in [2.75, 3.05) is 19.9 Å². The lowest BCUT2D eigenvalue weighted by Gasteiger charge is -2.18. The number of rotatable bonds is 3. The Morgan fingerprint density at radius 2 is 2.27 bits per heavy atom. The molecule has 1 fully saturated rings. The highest BCUT2D eigenvalue weighted by molar-refractivity contribution is 9.09. The van der Waals surface area contributed by atoms with Crippen LogP contribution in [-0.4, -0.2) is 24.7 Å². The Labute approximate surface area is 79.3 Å². The van der Waals surface area contributed by atoms with Crippen molar-refractivity contribution in [3.63, 3.8) is 0 Å². The van der Waals surface area contributed by atoms with Crippen molar-refractivity contribution in [3.8, 4) is 0 Å². The third kappa shape index (κ3) is 3.01. The first-order chi connectivity index (χ1) is 5.24. The molecule has 0 aromatic rings. The Kier molecular flexibility index (Phi) is 4.33. The highest BCUT2D eigenvalue weighted by Crippen LogP contribution is 2.38. The minimum Gasteiger partial charge on any atom is -0.299 e. The summed E-state index contributed by atoms with van der Waals surface area (Å²) in [7, 11) is 2.18. The zero-order valence-electron chi connectivity index (χ0n) is 7.31. The van der Waals surface area contributed by atoms with Gasteiger partial charge in [0.05, 0.1) is 0 Å². The molecule has 11 heavy (non-hydrogen) atoms. The lowest BCUT2D eigenvalue weighted by molar-refractivity contribution is 0.636. The summed E-state index contributed by atoms with van der Waals surface area (Å²) in [5.41, 5.74) is 0. The van der Waals surface area contributed by atoms with E-state index in [2.05, 4.69) is 34.7 Å². The van der Waals surface area contributed by atoms with Gasteiger partial charge in [-0.05, 0) is 46.7 Å². The SMILES string of the molecule is CNP(C)C[C@@H]1CCCC1Br. The van der Waals surface area contributed by atoms with Crippen molar-refractivity contribution in [1.29, 1.82) is 0 Å². The van der Waals surface area contributed by atoms with Crippen LogP contribution < -0.4 is 5.09 Å². The van der Waals surface area contributed by atoms with Gasteiger partial charge >= 0.3 is 0 Å². The van der Waals surface area contributed by atoms with Gasteiger partial charge in [0, 0.05) is 4.83 Å². The molecule has 0 amide bonds. The first-order valence-electron chi connectivity index (χ1n) is 4.26. The topological polar surface area (TPSA) is 12.0 Å². The Hall–Kier alpha value is 0.870. The van der Waals surface area contributed by atoms with Gasteiger partial charge in [0.15, 0.2) is 0 Å². The molecule has 1 saturated carbocycles. The average Bonchev–Trinajstić information content (AvgIpc) is 2.37. The molecule has 0 bridgehead atoms. The second kappa shape index (κ2) is 4.79. The van der Waals surface area contributed by atoms with Crippen LogP contribution in [0.5, 0.6) is 0 Å². The molecular formula is C8H17BrNP. The van der Waals surface area contributed by atoms with Crippen molar-refractivity contribution in [2.24, 2.45) is 5.92 Å². The highest BCUT2D eigenvalue weighted by Gasteiger charge is 2.25. The lowest BCUT2D eigenvalue weighted by atomic mass is 10.1. The number of hydrogen-bond acceptors (Lipinski definition) is 1. The summed E-state index contributed by atoms with van der Waals surface area (Å²) in [6, 6.07) is 0. The number of nitrogens with one attached hydrogen (secondary N) is 1. The second-order valence-electron chi connectivity index (χ2n) is 3.31. The van der Waals surface area contributed by atoms with Crippen LogP contribution >= 0.6 is 24.0 Å². The van der Waals surface area contributed by atoms with Crippen LogP contribution in [0.25, 0.3) is 0 Å². The van der Waals surface area contributed by atoms with E-state index < -0.39 is 0 Å². The number of halogens is 1. The van der Waals surface area contributed by atoms with Gasteiger partial charge in [-0.3, -0.25) is 5.09 Å². The van der Waals surface area contributed by atoms with Crippen molar-refractivity contribution in [3.05, 3.63) is 0 Å². The molecule has 0 heterocycles. The molecule has 0 aliphatic heterocycles. The van der Waals surface area contributed by atoms with E-state index in [0.29, 0.717) is 0 Å². The number of hydrogen-bond donors (Lipinski definition) is 1. The van der Waals surface area contributed by atoms with Crippen LogP contribution in [0, 0.1) is 5.92 Å².